The lowest BCUT2D eigenvalue weighted by Crippen LogP contribution is -2.35. The third kappa shape index (κ3) is 4.50. The average Bonchev–Trinajstić information content (AvgIpc) is 2.45. The number of nitrogens with one attached hydrogen (secondary N) is 1. The van der Waals surface area contributed by atoms with Gasteiger partial charge in [0.05, 0.1) is 13.2 Å². The topological polar surface area (TPSA) is 30.5 Å². The van der Waals surface area contributed by atoms with Gasteiger partial charge in [0.2, 0.25) is 0 Å². The molecule has 1 aliphatic rings. The van der Waals surface area contributed by atoms with Crippen molar-refractivity contribution in [3.05, 3.63) is 29.3 Å². The van der Waals surface area contributed by atoms with Gasteiger partial charge < -0.3 is 14.8 Å². The first-order chi connectivity index (χ1) is 9.69. The molecule has 0 aliphatic heterocycles. The Hall–Kier alpha value is -1.06. The summed E-state index contributed by atoms with van der Waals surface area (Å²) in [6, 6.07) is 7.05. The van der Waals surface area contributed by atoms with E-state index in [0.717, 1.165) is 31.7 Å². The highest BCUT2D eigenvalue weighted by molar-refractivity contribution is 5.37. The van der Waals surface area contributed by atoms with E-state index >= 15 is 0 Å². The van der Waals surface area contributed by atoms with E-state index in [1.54, 1.807) is 7.11 Å². The number of aryl methyl sites for hydroxylation is 1. The number of hydrogen-bond donors (Lipinski definition) is 1. The minimum absolute atomic E-state index is 0.337. The molecule has 0 fully saturated rings. The maximum Gasteiger partial charge on any atom is 0.119 e. The van der Waals surface area contributed by atoms with Gasteiger partial charge >= 0.3 is 0 Å². The van der Waals surface area contributed by atoms with Crippen LogP contribution in [-0.2, 0) is 17.6 Å². The van der Waals surface area contributed by atoms with Gasteiger partial charge in [0, 0.05) is 12.6 Å². The zero-order chi connectivity index (χ0) is 14.4. The molecular formula is C17H27NO2. The molecule has 1 unspecified atom stereocenters. The van der Waals surface area contributed by atoms with E-state index in [1.165, 1.54) is 24.0 Å². The molecule has 3 heteroatoms. The number of rotatable bonds is 7. The van der Waals surface area contributed by atoms with Gasteiger partial charge in [-0.25, -0.2) is 0 Å². The standard InChI is InChI=1S/C17H27NO2/c1-13(2)20-10-4-9-18-16-7-5-14-6-8-17(19-3)12-15(14)11-16/h6,8,12-13,16,18H,4-5,7,9-11H2,1-3H3. The molecule has 0 amide bonds. The zero-order valence-corrected chi connectivity index (χ0v) is 12.9. The van der Waals surface area contributed by atoms with Gasteiger partial charge in [-0.15, -0.1) is 0 Å². The minimum atomic E-state index is 0.337. The molecule has 1 aliphatic carbocycles. The van der Waals surface area contributed by atoms with Crippen molar-refractivity contribution in [2.45, 2.75) is 51.7 Å². The van der Waals surface area contributed by atoms with Crippen molar-refractivity contribution in [1.82, 2.24) is 5.32 Å². The maximum atomic E-state index is 5.56. The van der Waals surface area contributed by atoms with E-state index in [0.29, 0.717) is 12.1 Å². The van der Waals surface area contributed by atoms with Crippen molar-refractivity contribution in [2.75, 3.05) is 20.3 Å². The number of fused-ring (bicyclic) bond motifs is 1. The summed E-state index contributed by atoms with van der Waals surface area (Å²) in [5, 5.41) is 3.65. The normalized spacial score (nSPS) is 18.1. The Morgan fingerprint density at radius 1 is 1.30 bits per heavy atom. The van der Waals surface area contributed by atoms with E-state index in [1.807, 2.05) is 0 Å². The lowest BCUT2D eigenvalue weighted by molar-refractivity contribution is 0.0766. The van der Waals surface area contributed by atoms with Crippen molar-refractivity contribution >= 4 is 0 Å². The second kappa shape index (κ2) is 7.65. The minimum Gasteiger partial charge on any atom is -0.497 e. The van der Waals surface area contributed by atoms with Gasteiger partial charge in [0.1, 0.15) is 5.75 Å². The Morgan fingerprint density at radius 3 is 2.90 bits per heavy atom. The van der Waals surface area contributed by atoms with Gasteiger partial charge in [-0.1, -0.05) is 6.07 Å². The Balaban J connectivity index is 1.76. The molecular weight excluding hydrogens is 250 g/mol. The molecule has 112 valence electrons. The lowest BCUT2D eigenvalue weighted by Gasteiger charge is -2.26. The first-order valence-electron chi connectivity index (χ1n) is 7.70. The van der Waals surface area contributed by atoms with Crippen molar-refractivity contribution in [3.63, 3.8) is 0 Å². The van der Waals surface area contributed by atoms with E-state index in [2.05, 4.69) is 37.4 Å². The fraction of sp³-hybridized carbons (Fsp3) is 0.647. The second-order valence-electron chi connectivity index (χ2n) is 5.80. The van der Waals surface area contributed by atoms with Crippen LogP contribution in [0.25, 0.3) is 0 Å². The molecule has 2 rings (SSSR count). The number of hydrogen-bond acceptors (Lipinski definition) is 3. The van der Waals surface area contributed by atoms with E-state index in [9.17, 15) is 0 Å². The monoisotopic (exact) mass is 277 g/mol. The summed E-state index contributed by atoms with van der Waals surface area (Å²) in [5.74, 6) is 0.967. The van der Waals surface area contributed by atoms with Crippen molar-refractivity contribution in [3.8, 4) is 5.75 Å². The molecule has 0 aromatic heterocycles. The average molecular weight is 277 g/mol. The highest BCUT2D eigenvalue weighted by Crippen LogP contribution is 2.25. The Kier molecular flexibility index (Phi) is 5.86. The largest absolute Gasteiger partial charge is 0.497 e. The number of ether oxygens (including phenoxy) is 2. The second-order valence-corrected chi connectivity index (χ2v) is 5.80. The predicted molar refractivity (Wildman–Crippen MR) is 82.5 cm³/mol. The first-order valence-corrected chi connectivity index (χ1v) is 7.70. The molecule has 0 saturated heterocycles. The van der Waals surface area contributed by atoms with Gasteiger partial charge in [-0.05, 0) is 69.3 Å². The van der Waals surface area contributed by atoms with Gasteiger partial charge in [0.25, 0.3) is 0 Å². The maximum absolute atomic E-state index is 5.56. The lowest BCUT2D eigenvalue weighted by atomic mass is 9.88. The SMILES string of the molecule is COc1ccc2c(c1)CC(NCCCOC(C)C)CC2. The van der Waals surface area contributed by atoms with Crippen LogP contribution in [0.2, 0.25) is 0 Å². The Morgan fingerprint density at radius 2 is 2.15 bits per heavy atom. The predicted octanol–water partition coefficient (Wildman–Crippen LogP) is 2.96. The fourth-order valence-electron chi connectivity index (χ4n) is 2.73. The Bertz CT molecular complexity index is 417. The van der Waals surface area contributed by atoms with Crippen molar-refractivity contribution in [1.29, 1.82) is 0 Å². The van der Waals surface area contributed by atoms with Crippen LogP contribution in [-0.4, -0.2) is 32.4 Å². The summed E-state index contributed by atoms with van der Waals surface area (Å²) in [6.07, 6.45) is 4.92. The van der Waals surface area contributed by atoms with Crippen LogP contribution >= 0.6 is 0 Å². The van der Waals surface area contributed by atoms with Gasteiger partial charge in [0.15, 0.2) is 0 Å². The van der Waals surface area contributed by atoms with Crippen LogP contribution in [0.4, 0.5) is 0 Å². The molecule has 1 aromatic carbocycles. The molecule has 1 aromatic rings. The quantitative estimate of drug-likeness (QED) is 0.777. The van der Waals surface area contributed by atoms with E-state index in [-0.39, 0.29) is 0 Å². The summed E-state index contributed by atoms with van der Waals surface area (Å²) in [5.41, 5.74) is 2.92. The summed E-state index contributed by atoms with van der Waals surface area (Å²) < 4.78 is 10.9. The Labute approximate surface area is 122 Å². The van der Waals surface area contributed by atoms with Gasteiger partial charge in [-0.2, -0.15) is 0 Å². The molecule has 1 atom stereocenters. The third-order valence-electron chi connectivity index (χ3n) is 3.85. The van der Waals surface area contributed by atoms with Crippen LogP contribution in [0.15, 0.2) is 18.2 Å². The van der Waals surface area contributed by atoms with Crippen molar-refractivity contribution < 1.29 is 9.47 Å². The van der Waals surface area contributed by atoms with Crippen LogP contribution in [0, 0.1) is 0 Å². The summed E-state index contributed by atoms with van der Waals surface area (Å²) in [7, 11) is 1.73. The first kappa shape index (κ1) is 15.3. The summed E-state index contributed by atoms with van der Waals surface area (Å²) in [4.78, 5) is 0. The van der Waals surface area contributed by atoms with E-state index in [4.69, 9.17) is 9.47 Å². The summed E-state index contributed by atoms with van der Waals surface area (Å²) in [6.45, 7) is 6.05. The number of methoxy groups -OCH3 is 1. The fourth-order valence-corrected chi connectivity index (χ4v) is 2.73. The number of benzene rings is 1. The molecule has 0 saturated carbocycles. The zero-order valence-electron chi connectivity index (χ0n) is 12.9. The molecule has 3 nitrogen and oxygen atoms in total. The molecule has 0 bridgehead atoms. The van der Waals surface area contributed by atoms with Crippen LogP contribution in [0.5, 0.6) is 5.75 Å². The molecule has 0 heterocycles. The van der Waals surface area contributed by atoms with Crippen LogP contribution in [0.3, 0.4) is 0 Å². The van der Waals surface area contributed by atoms with Crippen LogP contribution < -0.4 is 10.1 Å². The highest BCUT2D eigenvalue weighted by atomic mass is 16.5. The molecule has 1 N–H and O–H groups in total. The highest BCUT2D eigenvalue weighted by Gasteiger charge is 2.18. The smallest absolute Gasteiger partial charge is 0.119 e. The van der Waals surface area contributed by atoms with Gasteiger partial charge in [-0.3, -0.25) is 0 Å². The van der Waals surface area contributed by atoms with Crippen molar-refractivity contribution in [2.24, 2.45) is 0 Å². The third-order valence-corrected chi connectivity index (χ3v) is 3.85. The molecule has 0 radical (unpaired) electrons. The summed E-state index contributed by atoms with van der Waals surface area (Å²) >= 11 is 0. The molecule has 20 heavy (non-hydrogen) atoms. The van der Waals surface area contributed by atoms with E-state index < -0.39 is 0 Å². The van der Waals surface area contributed by atoms with Crippen LogP contribution in [0.1, 0.15) is 37.8 Å². The molecule has 0 spiro atoms.